The van der Waals surface area contributed by atoms with Crippen molar-refractivity contribution >= 4 is 11.6 Å². The van der Waals surface area contributed by atoms with Gasteiger partial charge in [-0.2, -0.15) is 0 Å². The maximum atomic E-state index is 12.9. The number of rotatable bonds is 1. The van der Waals surface area contributed by atoms with Crippen LogP contribution in [0.1, 0.15) is 45.1 Å². The van der Waals surface area contributed by atoms with Gasteiger partial charge in [0.1, 0.15) is 17.5 Å². The van der Waals surface area contributed by atoms with Crippen molar-refractivity contribution < 1.29 is 14.3 Å². The first-order valence-electron chi connectivity index (χ1n) is 7.62. The number of ketones is 2. The second kappa shape index (κ2) is 3.64. The third-order valence-corrected chi connectivity index (χ3v) is 5.99. The van der Waals surface area contributed by atoms with Gasteiger partial charge in [-0.05, 0) is 5.56 Å². The summed E-state index contributed by atoms with van der Waals surface area (Å²) in [6.45, 7) is 6.22. The number of hydrogen-bond donors (Lipinski definition) is 0. The molecule has 0 radical (unpaired) electrons. The number of epoxide rings is 1. The van der Waals surface area contributed by atoms with Gasteiger partial charge in [0.25, 0.3) is 0 Å². The lowest BCUT2D eigenvalue weighted by Gasteiger charge is -2.48. The van der Waals surface area contributed by atoms with Gasteiger partial charge in [-0.3, -0.25) is 9.59 Å². The van der Waals surface area contributed by atoms with Gasteiger partial charge in [-0.25, -0.2) is 0 Å². The van der Waals surface area contributed by atoms with Gasteiger partial charge in [0, 0.05) is 23.7 Å². The highest BCUT2D eigenvalue weighted by atomic mass is 16.6. The van der Waals surface area contributed by atoms with E-state index in [1.165, 1.54) is 0 Å². The van der Waals surface area contributed by atoms with Crippen LogP contribution in [-0.2, 0) is 14.3 Å². The molecule has 21 heavy (non-hydrogen) atoms. The van der Waals surface area contributed by atoms with E-state index in [1.807, 2.05) is 30.3 Å². The second-order valence-electron chi connectivity index (χ2n) is 7.67. The van der Waals surface area contributed by atoms with Crippen LogP contribution >= 0.6 is 0 Å². The fourth-order valence-electron chi connectivity index (χ4n) is 5.32. The van der Waals surface area contributed by atoms with Gasteiger partial charge < -0.3 is 4.74 Å². The van der Waals surface area contributed by atoms with Crippen molar-refractivity contribution in [2.75, 3.05) is 0 Å². The number of Topliss-reactive ketones (excluding diaryl/α,β-unsaturated/α-hetero) is 2. The van der Waals surface area contributed by atoms with E-state index in [1.54, 1.807) is 0 Å². The van der Waals surface area contributed by atoms with Crippen molar-refractivity contribution in [1.82, 2.24) is 0 Å². The van der Waals surface area contributed by atoms with Crippen LogP contribution in [0.4, 0.5) is 0 Å². The monoisotopic (exact) mass is 284 g/mol. The summed E-state index contributed by atoms with van der Waals surface area (Å²) in [5.74, 6) is 0.186. The fourth-order valence-corrected chi connectivity index (χ4v) is 5.32. The minimum atomic E-state index is -0.453. The molecular formula is C18H20O3. The van der Waals surface area contributed by atoms with Gasteiger partial charge in [0.05, 0.1) is 5.92 Å². The zero-order valence-electron chi connectivity index (χ0n) is 12.7. The molecule has 4 rings (SSSR count). The van der Waals surface area contributed by atoms with Crippen LogP contribution in [0, 0.1) is 10.8 Å². The van der Waals surface area contributed by atoms with Crippen LogP contribution in [0.15, 0.2) is 30.3 Å². The van der Waals surface area contributed by atoms with Gasteiger partial charge in [0.2, 0.25) is 0 Å². The maximum Gasteiger partial charge on any atom is 0.172 e. The fraction of sp³-hybridized carbons (Fsp3) is 0.556. The Morgan fingerprint density at radius 3 is 2.38 bits per heavy atom. The molecule has 0 N–H and O–H groups in total. The van der Waals surface area contributed by atoms with Gasteiger partial charge in [-0.1, -0.05) is 51.1 Å². The average molecular weight is 284 g/mol. The highest BCUT2D eigenvalue weighted by molar-refractivity contribution is 6.00. The second-order valence-corrected chi connectivity index (χ2v) is 7.67. The Hall–Kier alpha value is -1.48. The van der Waals surface area contributed by atoms with Crippen molar-refractivity contribution in [2.45, 2.75) is 51.2 Å². The Morgan fingerprint density at radius 2 is 1.71 bits per heavy atom. The number of carbonyl (C=O) groups excluding carboxylic acids is 2. The smallest absolute Gasteiger partial charge is 0.172 e. The van der Waals surface area contributed by atoms with Crippen LogP contribution < -0.4 is 0 Å². The summed E-state index contributed by atoms with van der Waals surface area (Å²) in [6.07, 6.45) is 0.627. The first kappa shape index (κ1) is 13.2. The summed E-state index contributed by atoms with van der Waals surface area (Å²) in [5, 5.41) is 0. The van der Waals surface area contributed by atoms with Crippen LogP contribution in [-0.4, -0.2) is 23.3 Å². The van der Waals surface area contributed by atoms with E-state index in [9.17, 15) is 9.59 Å². The summed E-state index contributed by atoms with van der Waals surface area (Å²) in [4.78, 5) is 25.2. The first-order valence-corrected chi connectivity index (χ1v) is 7.62. The predicted molar refractivity (Wildman–Crippen MR) is 77.9 cm³/mol. The van der Waals surface area contributed by atoms with E-state index in [4.69, 9.17) is 4.74 Å². The zero-order valence-corrected chi connectivity index (χ0v) is 12.7. The van der Waals surface area contributed by atoms with E-state index >= 15 is 0 Å². The molecule has 1 aliphatic heterocycles. The minimum Gasteiger partial charge on any atom is -0.356 e. The molecule has 3 fully saturated rings. The molecular weight excluding hydrogens is 264 g/mol. The molecule has 0 aromatic heterocycles. The average Bonchev–Trinajstić information content (AvgIpc) is 3.11. The van der Waals surface area contributed by atoms with E-state index in [2.05, 4.69) is 20.8 Å². The molecule has 0 amide bonds. The molecule has 110 valence electrons. The summed E-state index contributed by atoms with van der Waals surface area (Å²) < 4.78 is 5.97. The summed E-state index contributed by atoms with van der Waals surface area (Å²) in [5.41, 5.74) is -0.132. The Kier molecular flexibility index (Phi) is 2.29. The van der Waals surface area contributed by atoms with E-state index in [0.717, 1.165) is 5.56 Å². The third kappa shape index (κ3) is 1.34. The van der Waals surface area contributed by atoms with Crippen molar-refractivity contribution in [3.8, 4) is 0 Å². The highest BCUT2D eigenvalue weighted by Crippen LogP contribution is 2.74. The molecule has 4 atom stereocenters. The lowest BCUT2D eigenvalue weighted by Crippen LogP contribution is -2.53. The Balaban J connectivity index is 1.89. The van der Waals surface area contributed by atoms with Crippen LogP contribution in [0.2, 0.25) is 0 Å². The van der Waals surface area contributed by atoms with E-state index in [0.29, 0.717) is 12.8 Å². The Labute approximate surface area is 124 Å². The number of carbonyl (C=O) groups is 2. The molecule has 0 unspecified atom stereocenters. The molecule has 2 saturated carbocycles. The van der Waals surface area contributed by atoms with Crippen LogP contribution in [0.25, 0.3) is 0 Å². The quantitative estimate of drug-likeness (QED) is 0.745. The van der Waals surface area contributed by atoms with Gasteiger partial charge in [0.15, 0.2) is 5.78 Å². The highest BCUT2D eigenvalue weighted by Gasteiger charge is 2.85. The molecule has 3 heteroatoms. The van der Waals surface area contributed by atoms with Crippen molar-refractivity contribution in [3.05, 3.63) is 35.9 Å². The molecule has 1 aromatic rings. The largest absolute Gasteiger partial charge is 0.356 e. The molecule has 3 nitrogen and oxygen atoms in total. The zero-order chi connectivity index (χ0) is 15.0. The molecule has 1 aromatic carbocycles. The number of benzene rings is 1. The Morgan fingerprint density at radius 1 is 1.05 bits per heavy atom. The third-order valence-electron chi connectivity index (χ3n) is 5.99. The summed E-state index contributed by atoms with van der Waals surface area (Å²) in [6, 6.07) is 9.86. The van der Waals surface area contributed by atoms with E-state index in [-0.39, 0.29) is 29.0 Å². The molecule has 0 bridgehead atoms. The minimum absolute atomic E-state index is 0.159. The number of hydrogen-bond acceptors (Lipinski definition) is 3. The van der Waals surface area contributed by atoms with Gasteiger partial charge in [-0.15, -0.1) is 0 Å². The van der Waals surface area contributed by atoms with E-state index < -0.39 is 11.0 Å². The first-order chi connectivity index (χ1) is 9.83. The predicted octanol–water partition coefficient (Wildman–Crippen LogP) is 2.89. The molecule has 1 heterocycles. The lowest BCUT2D eigenvalue weighted by atomic mass is 9.53. The number of ether oxygens (including phenoxy) is 1. The van der Waals surface area contributed by atoms with Crippen molar-refractivity contribution in [3.63, 3.8) is 0 Å². The SMILES string of the molecule is CC1(C)CC(=O)C[C@]2(C)[C@@H](c3ccccc3)C(=O)[C@@H]3O[C@]312. The van der Waals surface area contributed by atoms with Gasteiger partial charge >= 0.3 is 0 Å². The topological polar surface area (TPSA) is 46.7 Å². The summed E-state index contributed by atoms with van der Waals surface area (Å²) >= 11 is 0. The standard InChI is InChI=1S/C18H20O3/c1-16(2)9-12(19)10-17(3)13(11-7-5-4-6-8-11)14(20)15-18(16,17)21-15/h4-8,13,15H,9-10H2,1-3H3/t13-,15-,17+,18+/m0/s1. The molecule has 3 aliphatic rings. The van der Waals surface area contributed by atoms with Crippen molar-refractivity contribution in [1.29, 1.82) is 0 Å². The van der Waals surface area contributed by atoms with Crippen molar-refractivity contribution in [2.24, 2.45) is 10.8 Å². The Bertz CT molecular complexity index is 648. The molecule has 1 spiro atoms. The molecule has 1 saturated heterocycles. The molecule has 2 aliphatic carbocycles. The lowest BCUT2D eigenvalue weighted by molar-refractivity contribution is -0.139. The summed E-state index contributed by atoms with van der Waals surface area (Å²) in [7, 11) is 0. The van der Waals surface area contributed by atoms with Crippen LogP contribution in [0.3, 0.4) is 0 Å². The maximum absolute atomic E-state index is 12.9. The normalized spacial score (nSPS) is 43.4. The van der Waals surface area contributed by atoms with Crippen LogP contribution in [0.5, 0.6) is 0 Å².